The summed E-state index contributed by atoms with van der Waals surface area (Å²) in [6.07, 6.45) is -1.94. The number of hydrogen-bond donors (Lipinski definition) is 1. The average Bonchev–Trinajstić information content (AvgIpc) is 2.83. The van der Waals surface area contributed by atoms with Crippen molar-refractivity contribution in [2.24, 2.45) is 0 Å². The van der Waals surface area contributed by atoms with E-state index in [1.165, 1.54) is 13.2 Å². The molecule has 2 aromatic carbocycles. The summed E-state index contributed by atoms with van der Waals surface area (Å²) >= 11 is 6.11. The van der Waals surface area contributed by atoms with Gasteiger partial charge in [-0.05, 0) is 48.9 Å². The van der Waals surface area contributed by atoms with Crippen LogP contribution in [0, 0.1) is 0 Å². The van der Waals surface area contributed by atoms with Gasteiger partial charge in [0.1, 0.15) is 0 Å². The second-order valence-corrected chi connectivity index (χ2v) is 8.04. The predicted octanol–water partition coefficient (Wildman–Crippen LogP) is 4.61. The number of alkyl halides is 3. The van der Waals surface area contributed by atoms with Crippen LogP contribution in [-0.2, 0) is 9.59 Å². The van der Waals surface area contributed by atoms with Gasteiger partial charge in [0.15, 0.2) is 11.5 Å². The number of nitrogens with zero attached hydrogens (tertiary/aromatic N) is 2. The number of anilines is 2. The molecule has 0 saturated carbocycles. The quantitative estimate of drug-likeness (QED) is 0.550. The SMILES string of the molecule is CCOc1ccc(/C=C/C(=O)Nc2cc(Cl)ccc2N2CCN(C(=O)C(F)(F)F)CC2)cc1OC. The van der Waals surface area contributed by atoms with E-state index < -0.39 is 18.0 Å². The molecule has 0 atom stereocenters. The van der Waals surface area contributed by atoms with Gasteiger partial charge in [0, 0.05) is 37.3 Å². The van der Waals surface area contributed by atoms with Crippen molar-refractivity contribution in [3.8, 4) is 11.5 Å². The summed E-state index contributed by atoms with van der Waals surface area (Å²) < 4.78 is 48.9. The highest BCUT2D eigenvalue weighted by Crippen LogP contribution is 2.31. The van der Waals surface area contributed by atoms with E-state index in [0.717, 1.165) is 10.5 Å². The van der Waals surface area contributed by atoms with Gasteiger partial charge < -0.3 is 24.6 Å². The second kappa shape index (κ2) is 11.4. The van der Waals surface area contributed by atoms with E-state index in [2.05, 4.69) is 5.32 Å². The first-order valence-electron chi connectivity index (χ1n) is 10.8. The molecule has 0 aliphatic carbocycles. The van der Waals surface area contributed by atoms with Gasteiger partial charge in [-0.3, -0.25) is 9.59 Å². The molecule has 0 aromatic heterocycles. The minimum Gasteiger partial charge on any atom is -0.493 e. The zero-order valence-corrected chi connectivity index (χ0v) is 19.9. The largest absolute Gasteiger partial charge is 0.493 e. The molecule has 2 amide bonds. The van der Waals surface area contributed by atoms with Gasteiger partial charge in [0.05, 0.1) is 25.1 Å². The van der Waals surface area contributed by atoms with Gasteiger partial charge >= 0.3 is 12.1 Å². The Labute approximate surface area is 206 Å². The highest BCUT2D eigenvalue weighted by atomic mass is 35.5. The molecule has 1 aliphatic heterocycles. The Morgan fingerprint density at radius 1 is 1.09 bits per heavy atom. The van der Waals surface area contributed by atoms with Crippen LogP contribution >= 0.6 is 11.6 Å². The molecule has 7 nitrogen and oxygen atoms in total. The van der Waals surface area contributed by atoms with Crippen molar-refractivity contribution in [1.82, 2.24) is 4.90 Å². The number of ether oxygens (including phenoxy) is 2. The van der Waals surface area contributed by atoms with Crippen LogP contribution in [0.2, 0.25) is 5.02 Å². The molecule has 11 heteroatoms. The summed E-state index contributed by atoms with van der Waals surface area (Å²) in [5.41, 5.74) is 1.72. The summed E-state index contributed by atoms with van der Waals surface area (Å²) in [7, 11) is 1.53. The maximum atomic E-state index is 12.7. The molecule has 1 aliphatic rings. The van der Waals surface area contributed by atoms with Crippen LogP contribution in [-0.4, -0.2) is 62.8 Å². The van der Waals surface area contributed by atoms with Crippen LogP contribution in [0.25, 0.3) is 6.08 Å². The van der Waals surface area contributed by atoms with Crippen LogP contribution in [0.3, 0.4) is 0 Å². The minimum absolute atomic E-state index is 0.0895. The van der Waals surface area contributed by atoms with Crippen molar-refractivity contribution in [2.75, 3.05) is 50.1 Å². The van der Waals surface area contributed by atoms with Gasteiger partial charge in [-0.2, -0.15) is 13.2 Å². The first-order chi connectivity index (χ1) is 16.6. The molecule has 1 N–H and O–H groups in total. The normalized spacial score (nSPS) is 14.2. The summed E-state index contributed by atoms with van der Waals surface area (Å²) in [5.74, 6) is -1.14. The lowest BCUT2D eigenvalue weighted by molar-refractivity contribution is -0.185. The number of rotatable bonds is 7. The molecule has 2 aromatic rings. The molecule has 0 spiro atoms. The second-order valence-electron chi connectivity index (χ2n) is 7.60. The van der Waals surface area contributed by atoms with E-state index in [-0.39, 0.29) is 26.2 Å². The lowest BCUT2D eigenvalue weighted by Gasteiger charge is -2.37. The number of amides is 2. The summed E-state index contributed by atoms with van der Waals surface area (Å²) in [4.78, 5) is 26.7. The maximum absolute atomic E-state index is 12.7. The van der Waals surface area contributed by atoms with E-state index >= 15 is 0 Å². The highest BCUT2D eigenvalue weighted by Gasteiger charge is 2.43. The smallest absolute Gasteiger partial charge is 0.471 e. The van der Waals surface area contributed by atoms with Crippen molar-refractivity contribution >= 4 is 40.9 Å². The number of piperazine rings is 1. The lowest BCUT2D eigenvalue weighted by Crippen LogP contribution is -2.52. The van der Waals surface area contributed by atoms with Gasteiger partial charge in [0.25, 0.3) is 0 Å². The fourth-order valence-corrected chi connectivity index (χ4v) is 3.79. The Kier molecular flexibility index (Phi) is 8.50. The van der Waals surface area contributed by atoms with E-state index in [0.29, 0.717) is 34.5 Å². The van der Waals surface area contributed by atoms with E-state index in [4.69, 9.17) is 21.1 Å². The van der Waals surface area contributed by atoms with Crippen molar-refractivity contribution in [1.29, 1.82) is 0 Å². The number of halogens is 4. The summed E-state index contributed by atoms with van der Waals surface area (Å²) in [5, 5.41) is 3.15. The molecule has 35 heavy (non-hydrogen) atoms. The monoisotopic (exact) mass is 511 g/mol. The van der Waals surface area contributed by atoms with E-state index in [9.17, 15) is 22.8 Å². The van der Waals surface area contributed by atoms with Crippen molar-refractivity contribution in [3.05, 3.63) is 53.1 Å². The third-order valence-electron chi connectivity index (χ3n) is 5.28. The Morgan fingerprint density at radius 2 is 1.80 bits per heavy atom. The Bertz CT molecular complexity index is 1100. The van der Waals surface area contributed by atoms with Gasteiger partial charge in [-0.15, -0.1) is 0 Å². The Morgan fingerprint density at radius 3 is 2.43 bits per heavy atom. The molecule has 1 heterocycles. The third-order valence-corrected chi connectivity index (χ3v) is 5.52. The number of hydrogen-bond acceptors (Lipinski definition) is 5. The fraction of sp³-hybridized carbons (Fsp3) is 0.333. The van der Waals surface area contributed by atoms with Crippen LogP contribution in [0.1, 0.15) is 12.5 Å². The molecule has 0 bridgehead atoms. The zero-order chi connectivity index (χ0) is 25.6. The highest BCUT2D eigenvalue weighted by molar-refractivity contribution is 6.31. The van der Waals surface area contributed by atoms with Gasteiger partial charge in [-0.1, -0.05) is 17.7 Å². The molecule has 188 valence electrons. The average molecular weight is 512 g/mol. The number of benzene rings is 2. The van der Waals surface area contributed by atoms with Crippen molar-refractivity contribution < 1.29 is 32.2 Å². The van der Waals surface area contributed by atoms with E-state index in [1.807, 2.05) is 6.92 Å². The standard InChI is InChI=1S/C24H25ClF3N3O4/c1-3-35-20-8-4-16(14-21(20)34-2)5-9-22(32)29-18-15-17(25)6-7-19(18)30-10-12-31(13-11-30)23(33)24(26,27)28/h4-9,14-15H,3,10-13H2,1-2H3,(H,29,32)/b9-5+. The predicted molar refractivity (Wildman–Crippen MR) is 128 cm³/mol. The summed E-state index contributed by atoms with van der Waals surface area (Å²) in [6, 6.07) is 10.1. The maximum Gasteiger partial charge on any atom is 0.471 e. The first-order valence-corrected chi connectivity index (χ1v) is 11.2. The molecule has 1 saturated heterocycles. The number of nitrogens with one attached hydrogen (secondary N) is 1. The van der Waals surface area contributed by atoms with Crippen LogP contribution < -0.4 is 19.7 Å². The molecule has 1 fully saturated rings. The van der Waals surface area contributed by atoms with Gasteiger partial charge in [0.2, 0.25) is 5.91 Å². The van der Waals surface area contributed by atoms with Crippen molar-refractivity contribution in [2.45, 2.75) is 13.1 Å². The Hall–Kier alpha value is -3.40. The van der Waals surface area contributed by atoms with E-state index in [1.54, 1.807) is 47.4 Å². The molecule has 0 unspecified atom stereocenters. The lowest BCUT2D eigenvalue weighted by atomic mass is 10.1. The van der Waals surface area contributed by atoms with Crippen LogP contribution in [0.15, 0.2) is 42.5 Å². The third kappa shape index (κ3) is 6.82. The first kappa shape index (κ1) is 26.2. The molecule has 3 rings (SSSR count). The number of methoxy groups -OCH3 is 1. The molecular formula is C24H25ClF3N3O4. The topological polar surface area (TPSA) is 71.1 Å². The van der Waals surface area contributed by atoms with Crippen LogP contribution in [0.5, 0.6) is 11.5 Å². The Balaban J connectivity index is 1.70. The summed E-state index contributed by atoms with van der Waals surface area (Å²) in [6.45, 7) is 2.52. The van der Waals surface area contributed by atoms with Crippen molar-refractivity contribution in [3.63, 3.8) is 0 Å². The minimum atomic E-state index is -4.90. The fourth-order valence-electron chi connectivity index (χ4n) is 3.62. The molecular weight excluding hydrogens is 487 g/mol. The number of carbonyl (C=O) groups is 2. The number of carbonyl (C=O) groups excluding carboxylic acids is 2. The van der Waals surface area contributed by atoms with Gasteiger partial charge in [-0.25, -0.2) is 0 Å². The van der Waals surface area contributed by atoms with Crippen LogP contribution in [0.4, 0.5) is 24.5 Å². The zero-order valence-electron chi connectivity index (χ0n) is 19.2. The molecule has 0 radical (unpaired) electrons.